The van der Waals surface area contributed by atoms with Crippen LogP contribution < -0.4 is 9.80 Å². The van der Waals surface area contributed by atoms with Gasteiger partial charge in [-0.15, -0.1) is 0 Å². The van der Waals surface area contributed by atoms with Gasteiger partial charge < -0.3 is 9.80 Å². The van der Waals surface area contributed by atoms with Gasteiger partial charge in [-0.2, -0.15) is 0 Å². The van der Waals surface area contributed by atoms with Crippen molar-refractivity contribution in [3.05, 3.63) is 96.1 Å². The zero-order chi connectivity index (χ0) is 20.1. The van der Waals surface area contributed by atoms with Gasteiger partial charge in [0.05, 0.1) is 6.67 Å². The van der Waals surface area contributed by atoms with Gasteiger partial charge in [0.1, 0.15) is 0 Å². The van der Waals surface area contributed by atoms with Crippen LogP contribution in [0.1, 0.15) is 16.7 Å². The molecule has 2 aromatic carbocycles. The maximum atomic E-state index is 4.31. The molecule has 6 rings (SSSR count). The summed E-state index contributed by atoms with van der Waals surface area (Å²) in [4.78, 5) is 13.6. The van der Waals surface area contributed by atoms with Gasteiger partial charge in [-0.25, -0.2) is 0 Å². The van der Waals surface area contributed by atoms with Crippen molar-refractivity contribution in [1.29, 1.82) is 0 Å². The van der Waals surface area contributed by atoms with Gasteiger partial charge in [0.15, 0.2) is 0 Å². The zero-order valence-corrected chi connectivity index (χ0v) is 16.9. The molecule has 146 valence electrons. The predicted molar refractivity (Wildman–Crippen MR) is 121 cm³/mol. The van der Waals surface area contributed by atoms with E-state index < -0.39 is 0 Å². The van der Waals surface area contributed by atoms with Crippen molar-refractivity contribution in [3.63, 3.8) is 0 Å². The summed E-state index contributed by atoms with van der Waals surface area (Å²) in [5.41, 5.74) is 11.7. The fourth-order valence-corrected chi connectivity index (χ4v) is 4.83. The maximum Gasteiger partial charge on any atom is 0.0910 e. The van der Waals surface area contributed by atoms with Crippen molar-refractivity contribution in [2.24, 2.45) is 0 Å². The predicted octanol–water partition coefficient (Wildman–Crippen LogP) is 5.42. The van der Waals surface area contributed by atoms with Crippen LogP contribution in [0.3, 0.4) is 0 Å². The lowest BCUT2D eigenvalue weighted by Gasteiger charge is -2.45. The Morgan fingerprint density at radius 1 is 0.733 bits per heavy atom. The van der Waals surface area contributed by atoms with Gasteiger partial charge in [-0.3, -0.25) is 9.97 Å². The third-order valence-electron chi connectivity index (χ3n) is 6.35. The van der Waals surface area contributed by atoms with E-state index in [9.17, 15) is 0 Å². The molecule has 0 saturated carbocycles. The van der Waals surface area contributed by atoms with Crippen molar-refractivity contribution in [2.45, 2.75) is 20.0 Å². The average Bonchev–Trinajstić information content (AvgIpc) is 2.81. The first-order valence-corrected chi connectivity index (χ1v) is 10.3. The van der Waals surface area contributed by atoms with Gasteiger partial charge in [0.25, 0.3) is 0 Å². The van der Waals surface area contributed by atoms with Crippen molar-refractivity contribution >= 4 is 11.4 Å². The summed E-state index contributed by atoms with van der Waals surface area (Å²) < 4.78 is 0. The minimum atomic E-state index is 0.929. The van der Waals surface area contributed by atoms with E-state index in [-0.39, 0.29) is 0 Å². The summed E-state index contributed by atoms with van der Waals surface area (Å²) in [6, 6.07) is 19.6. The Balaban J connectivity index is 1.40. The number of nitrogens with zero attached hydrogens (tertiary/aromatic N) is 4. The quantitative estimate of drug-likeness (QED) is 0.458. The smallest absolute Gasteiger partial charge is 0.0910 e. The van der Waals surface area contributed by atoms with E-state index in [4.69, 9.17) is 0 Å². The first kappa shape index (κ1) is 17.2. The number of hydrogen-bond acceptors (Lipinski definition) is 4. The molecular formula is C26H22N4. The highest BCUT2D eigenvalue weighted by molar-refractivity contribution is 5.78. The molecule has 0 N–H and O–H groups in total. The van der Waals surface area contributed by atoms with Crippen molar-refractivity contribution in [3.8, 4) is 22.3 Å². The minimum Gasteiger partial charge on any atom is -0.349 e. The zero-order valence-electron chi connectivity index (χ0n) is 16.9. The van der Waals surface area contributed by atoms with E-state index in [2.05, 4.69) is 69.2 Å². The molecule has 0 aliphatic carbocycles. The molecule has 4 nitrogen and oxygen atoms in total. The van der Waals surface area contributed by atoms with Crippen LogP contribution in [0.15, 0.2) is 79.4 Å². The first-order valence-electron chi connectivity index (χ1n) is 10.3. The molecule has 0 spiro atoms. The monoisotopic (exact) mass is 390 g/mol. The van der Waals surface area contributed by atoms with Crippen LogP contribution in [0.2, 0.25) is 0 Å². The van der Waals surface area contributed by atoms with Crippen LogP contribution in [0, 0.1) is 6.92 Å². The van der Waals surface area contributed by atoms with Gasteiger partial charge in [-0.05, 0) is 70.6 Å². The van der Waals surface area contributed by atoms with Crippen LogP contribution in [0.4, 0.5) is 11.4 Å². The summed E-state index contributed by atoms with van der Waals surface area (Å²) in [6.45, 7) is 5.05. The fraction of sp³-hybridized carbons (Fsp3) is 0.154. The van der Waals surface area contributed by atoms with Gasteiger partial charge in [-0.1, -0.05) is 24.3 Å². The van der Waals surface area contributed by atoms with Crippen molar-refractivity contribution in [2.75, 3.05) is 16.5 Å². The van der Waals surface area contributed by atoms with E-state index in [0.29, 0.717) is 0 Å². The fourth-order valence-electron chi connectivity index (χ4n) is 4.83. The Morgan fingerprint density at radius 2 is 1.47 bits per heavy atom. The Bertz CT molecular complexity index is 1230. The summed E-state index contributed by atoms with van der Waals surface area (Å²) in [5.74, 6) is 0. The van der Waals surface area contributed by atoms with Crippen LogP contribution in [0.25, 0.3) is 22.3 Å². The second kappa shape index (κ2) is 6.70. The third-order valence-corrected chi connectivity index (χ3v) is 6.35. The third kappa shape index (κ3) is 2.68. The molecule has 0 atom stereocenters. The normalized spacial score (nSPS) is 14.3. The van der Waals surface area contributed by atoms with Crippen molar-refractivity contribution in [1.82, 2.24) is 9.97 Å². The van der Waals surface area contributed by atoms with E-state index >= 15 is 0 Å². The van der Waals surface area contributed by atoms with E-state index in [1.807, 2.05) is 36.9 Å². The first-order chi connectivity index (χ1) is 14.8. The highest BCUT2D eigenvalue weighted by atomic mass is 15.4. The number of hydrogen-bond donors (Lipinski definition) is 0. The maximum absolute atomic E-state index is 4.31. The number of aromatic nitrogens is 2. The molecule has 0 fully saturated rings. The number of rotatable bonds is 2. The lowest BCUT2D eigenvalue weighted by Crippen LogP contribution is -2.46. The lowest BCUT2D eigenvalue weighted by molar-refractivity contribution is 0.649. The highest BCUT2D eigenvalue weighted by Gasteiger charge is 2.31. The number of pyridine rings is 2. The van der Waals surface area contributed by atoms with E-state index in [1.165, 1.54) is 50.3 Å². The topological polar surface area (TPSA) is 32.3 Å². The molecule has 2 aliphatic rings. The van der Waals surface area contributed by atoms with Crippen LogP contribution in [0.5, 0.6) is 0 Å². The second-order valence-electron chi connectivity index (χ2n) is 8.10. The lowest BCUT2D eigenvalue weighted by atomic mass is 9.92. The Kier molecular flexibility index (Phi) is 3.85. The summed E-state index contributed by atoms with van der Waals surface area (Å²) in [5, 5.41) is 0. The molecule has 2 aromatic heterocycles. The average molecular weight is 390 g/mol. The largest absolute Gasteiger partial charge is 0.349 e. The second-order valence-corrected chi connectivity index (χ2v) is 8.10. The van der Waals surface area contributed by atoms with Gasteiger partial charge in [0.2, 0.25) is 0 Å². The molecule has 4 aromatic rings. The van der Waals surface area contributed by atoms with Gasteiger partial charge >= 0.3 is 0 Å². The Labute approximate surface area is 176 Å². The van der Waals surface area contributed by atoms with Gasteiger partial charge in [0, 0.05) is 54.8 Å². The molecule has 4 heterocycles. The molecule has 0 saturated heterocycles. The van der Waals surface area contributed by atoms with Crippen molar-refractivity contribution < 1.29 is 0 Å². The Hall–Kier alpha value is -3.66. The number of benzene rings is 2. The summed E-state index contributed by atoms with van der Waals surface area (Å²) >= 11 is 0. The molecular weight excluding hydrogens is 368 g/mol. The number of anilines is 2. The summed E-state index contributed by atoms with van der Waals surface area (Å²) in [6.07, 6.45) is 7.54. The van der Waals surface area contributed by atoms with Crippen LogP contribution in [-0.2, 0) is 13.1 Å². The number of fused-ring (bicyclic) bond motifs is 6. The Morgan fingerprint density at radius 3 is 2.23 bits per heavy atom. The standard InChI is InChI=1S/C26H22N4/c1-18-23(21-5-3-11-28-14-21)7-9-26-24(18)16-30-17-29(26)15-22-12-19(6-8-25(22)30)20-4-2-10-27-13-20/h2-14H,15-17H2,1H3. The highest BCUT2D eigenvalue weighted by Crippen LogP contribution is 2.42. The molecule has 2 aliphatic heterocycles. The molecule has 30 heavy (non-hydrogen) atoms. The molecule has 0 amide bonds. The van der Waals surface area contributed by atoms with E-state index in [1.54, 1.807) is 0 Å². The van der Waals surface area contributed by atoms with Crippen LogP contribution in [-0.4, -0.2) is 16.6 Å². The minimum absolute atomic E-state index is 0.929. The molecule has 2 bridgehead atoms. The molecule has 0 unspecified atom stereocenters. The molecule has 4 heteroatoms. The molecule has 0 radical (unpaired) electrons. The van der Waals surface area contributed by atoms with E-state index in [0.717, 1.165) is 19.8 Å². The SMILES string of the molecule is Cc1c(-c2cccnc2)ccc2c1CN1CN2Cc2cc(-c3cccnc3)ccc21. The summed E-state index contributed by atoms with van der Waals surface area (Å²) in [7, 11) is 0. The van der Waals surface area contributed by atoms with Crippen LogP contribution >= 0.6 is 0 Å².